The number of thiophene rings is 1. The van der Waals surface area contributed by atoms with Gasteiger partial charge in [0, 0.05) is 34.3 Å². The van der Waals surface area contributed by atoms with Crippen molar-refractivity contribution in [2.45, 2.75) is 46.6 Å². The largest absolute Gasteiger partial charge is 0.320 e. The molecule has 0 radical (unpaired) electrons. The molecule has 0 saturated carbocycles. The fourth-order valence-electron chi connectivity index (χ4n) is 4.51. The Hall–Kier alpha value is -3.52. The Morgan fingerprint density at radius 3 is 2.65 bits per heavy atom. The Balaban J connectivity index is 1.61. The molecule has 174 valence electrons. The van der Waals surface area contributed by atoms with Gasteiger partial charge in [0.15, 0.2) is 5.65 Å². The monoisotopic (exact) mass is 473 g/mol. The number of pyridine rings is 1. The molecule has 1 aliphatic rings. The fourth-order valence-corrected chi connectivity index (χ4v) is 5.45. The lowest BCUT2D eigenvalue weighted by molar-refractivity contribution is -0.117. The van der Waals surface area contributed by atoms with Crippen molar-refractivity contribution in [3.8, 4) is 11.3 Å². The highest BCUT2D eigenvalue weighted by Crippen LogP contribution is 2.34. The third kappa shape index (κ3) is 3.88. The van der Waals surface area contributed by atoms with E-state index in [1.165, 1.54) is 4.88 Å². The van der Waals surface area contributed by atoms with E-state index in [1.54, 1.807) is 22.4 Å². The van der Waals surface area contributed by atoms with Crippen LogP contribution in [0.2, 0.25) is 0 Å². The van der Waals surface area contributed by atoms with Gasteiger partial charge in [0.25, 0.3) is 5.91 Å². The molecule has 7 nitrogen and oxygen atoms in total. The Labute approximate surface area is 202 Å². The maximum Gasteiger partial charge on any atom is 0.256 e. The number of fused-ring (bicyclic) bond motifs is 1. The molecule has 0 unspecified atom stereocenters. The van der Waals surface area contributed by atoms with Crippen molar-refractivity contribution in [3.63, 3.8) is 0 Å². The molecular weight excluding hydrogens is 446 g/mol. The molecule has 1 saturated heterocycles. The first-order valence-corrected chi connectivity index (χ1v) is 12.3. The standard InChI is InChI=1S/C26H27N5O2S/c1-15(2)31-25-20(14-27-31)19(13-22(28-25)18-12-16(3)34-17(18)4)26(33)29-21-8-5-6-9-23(21)30-11-7-10-24(30)32/h5-6,8-9,12-15H,7,10-11H2,1-4H3,(H,29,33). The molecule has 1 fully saturated rings. The van der Waals surface area contributed by atoms with Crippen molar-refractivity contribution in [2.75, 3.05) is 16.8 Å². The van der Waals surface area contributed by atoms with Crippen LogP contribution in [-0.4, -0.2) is 33.1 Å². The lowest BCUT2D eigenvalue weighted by Gasteiger charge is -2.20. The van der Waals surface area contributed by atoms with E-state index in [-0.39, 0.29) is 17.9 Å². The summed E-state index contributed by atoms with van der Waals surface area (Å²) in [7, 11) is 0. The quantitative estimate of drug-likeness (QED) is 0.401. The molecule has 8 heteroatoms. The predicted molar refractivity (Wildman–Crippen MR) is 137 cm³/mol. The van der Waals surface area contributed by atoms with Crippen LogP contribution < -0.4 is 10.2 Å². The average molecular weight is 474 g/mol. The Bertz CT molecular complexity index is 1420. The van der Waals surface area contributed by atoms with E-state index in [1.807, 2.05) is 48.9 Å². The summed E-state index contributed by atoms with van der Waals surface area (Å²) in [6, 6.07) is 11.5. The van der Waals surface area contributed by atoms with Gasteiger partial charge in [0.1, 0.15) is 0 Å². The van der Waals surface area contributed by atoms with Crippen LogP contribution >= 0.6 is 11.3 Å². The number of hydrogen-bond acceptors (Lipinski definition) is 5. The topological polar surface area (TPSA) is 80.1 Å². The van der Waals surface area contributed by atoms with Gasteiger partial charge in [-0.2, -0.15) is 5.10 Å². The maximum absolute atomic E-state index is 13.7. The zero-order valence-corrected chi connectivity index (χ0v) is 20.6. The van der Waals surface area contributed by atoms with Crippen molar-refractivity contribution in [3.05, 3.63) is 57.9 Å². The first-order valence-electron chi connectivity index (χ1n) is 11.5. The first-order chi connectivity index (χ1) is 16.3. The number of hydrogen-bond donors (Lipinski definition) is 1. The van der Waals surface area contributed by atoms with Crippen molar-refractivity contribution in [1.29, 1.82) is 0 Å². The smallest absolute Gasteiger partial charge is 0.256 e. The molecule has 34 heavy (non-hydrogen) atoms. The molecule has 4 aromatic rings. The maximum atomic E-state index is 13.7. The highest BCUT2D eigenvalue weighted by molar-refractivity contribution is 7.12. The summed E-state index contributed by atoms with van der Waals surface area (Å²) >= 11 is 1.71. The van der Waals surface area contributed by atoms with Gasteiger partial charge < -0.3 is 10.2 Å². The average Bonchev–Trinajstić information content (AvgIpc) is 3.51. The molecule has 0 aliphatic carbocycles. The van der Waals surface area contributed by atoms with Crippen LogP contribution in [0.5, 0.6) is 0 Å². The highest BCUT2D eigenvalue weighted by Gasteiger charge is 2.25. The fraction of sp³-hybridized carbons (Fsp3) is 0.308. The van der Waals surface area contributed by atoms with Gasteiger partial charge in [-0.1, -0.05) is 12.1 Å². The minimum Gasteiger partial charge on any atom is -0.320 e. The number of nitrogens with one attached hydrogen (secondary N) is 1. The molecule has 5 rings (SSSR count). The number of carbonyl (C=O) groups is 2. The zero-order valence-electron chi connectivity index (χ0n) is 19.8. The van der Waals surface area contributed by atoms with Crippen molar-refractivity contribution in [1.82, 2.24) is 14.8 Å². The number of nitrogens with zero attached hydrogens (tertiary/aromatic N) is 4. The second-order valence-electron chi connectivity index (χ2n) is 8.92. The van der Waals surface area contributed by atoms with E-state index >= 15 is 0 Å². The molecule has 1 aromatic carbocycles. The van der Waals surface area contributed by atoms with Gasteiger partial charge in [-0.3, -0.25) is 9.59 Å². The Morgan fingerprint density at radius 1 is 1.18 bits per heavy atom. The highest BCUT2D eigenvalue weighted by atomic mass is 32.1. The lowest BCUT2D eigenvalue weighted by atomic mass is 10.1. The summed E-state index contributed by atoms with van der Waals surface area (Å²) in [5.74, 6) is -0.169. The summed E-state index contributed by atoms with van der Waals surface area (Å²) in [6.07, 6.45) is 3.07. The van der Waals surface area contributed by atoms with Crippen LogP contribution in [-0.2, 0) is 4.79 Å². The van der Waals surface area contributed by atoms with Crippen LogP contribution in [0.15, 0.2) is 42.6 Å². The van der Waals surface area contributed by atoms with Gasteiger partial charge in [-0.25, -0.2) is 9.67 Å². The van der Waals surface area contributed by atoms with Gasteiger partial charge >= 0.3 is 0 Å². The molecule has 3 aromatic heterocycles. The molecule has 4 heterocycles. The number of benzene rings is 1. The van der Waals surface area contributed by atoms with Crippen LogP contribution in [0.1, 0.15) is 52.8 Å². The first kappa shape index (κ1) is 22.3. The zero-order chi connectivity index (χ0) is 24.0. The van der Waals surface area contributed by atoms with Gasteiger partial charge in [-0.05, 0) is 58.4 Å². The van der Waals surface area contributed by atoms with Gasteiger partial charge in [0.05, 0.1) is 34.2 Å². The third-order valence-electron chi connectivity index (χ3n) is 6.13. The third-order valence-corrected chi connectivity index (χ3v) is 7.10. The van der Waals surface area contributed by atoms with Crippen LogP contribution in [0.3, 0.4) is 0 Å². The minimum atomic E-state index is -0.249. The molecule has 0 atom stereocenters. The SMILES string of the molecule is Cc1cc(-c2cc(C(=O)Nc3ccccc3N3CCCC3=O)c3cnn(C(C)C)c3n2)c(C)s1. The van der Waals surface area contributed by atoms with Crippen LogP contribution in [0, 0.1) is 13.8 Å². The summed E-state index contributed by atoms with van der Waals surface area (Å²) < 4.78 is 1.85. The van der Waals surface area contributed by atoms with Crippen molar-refractivity contribution < 1.29 is 9.59 Å². The second-order valence-corrected chi connectivity index (χ2v) is 10.4. The summed E-state index contributed by atoms with van der Waals surface area (Å²) in [5, 5.41) is 8.28. The summed E-state index contributed by atoms with van der Waals surface area (Å²) in [5.41, 5.74) is 4.32. The Morgan fingerprint density at radius 2 is 1.97 bits per heavy atom. The second kappa shape index (κ2) is 8.68. The molecule has 1 aliphatic heterocycles. The van der Waals surface area contributed by atoms with E-state index in [0.717, 1.165) is 28.2 Å². The number of para-hydroxylation sites is 2. The normalized spacial score (nSPS) is 13.9. The molecule has 2 amide bonds. The van der Waals surface area contributed by atoms with Crippen LogP contribution in [0.4, 0.5) is 11.4 Å². The molecule has 0 bridgehead atoms. The van der Waals surface area contributed by atoms with E-state index < -0.39 is 0 Å². The number of amides is 2. The van der Waals surface area contributed by atoms with Gasteiger partial charge in [-0.15, -0.1) is 11.3 Å². The lowest BCUT2D eigenvalue weighted by Crippen LogP contribution is -2.25. The van der Waals surface area contributed by atoms with E-state index in [4.69, 9.17) is 4.98 Å². The van der Waals surface area contributed by atoms with Crippen molar-refractivity contribution in [2.24, 2.45) is 0 Å². The summed E-state index contributed by atoms with van der Waals surface area (Å²) in [4.78, 5) is 35.0. The number of carbonyl (C=O) groups excluding carboxylic acids is 2. The number of rotatable bonds is 5. The van der Waals surface area contributed by atoms with Gasteiger partial charge in [0.2, 0.25) is 5.91 Å². The molecule has 1 N–H and O–H groups in total. The predicted octanol–water partition coefficient (Wildman–Crippen LogP) is 5.74. The number of aryl methyl sites for hydroxylation is 2. The molecule has 0 spiro atoms. The van der Waals surface area contributed by atoms with E-state index in [2.05, 4.69) is 30.3 Å². The number of aromatic nitrogens is 3. The van der Waals surface area contributed by atoms with E-state index in [9.17, 15) is 9.59 Å². The summed E-state index contributed by atoms with van der Waals surface area (Å²) in [6.45, 7) is 8.89. The minimum absolute atomic E-state index is 0.0804. The molecular formula is C26H27N5O2S. The van der Waals surface area contributed by atoms with E-state index in [0.29, 0.717) is 35.2 Å². The Kier molecular flexibility index (Phi) is 5.69. The number of anilines is 2. The van der Waals surface area contributed by atoms with Crippen LogP contribution in [0.25, 0.3) is 22.3 Å². The van der Waals surface area contributed by atoms with Crippen molar-refractivity contribution >= 4 is 45.6 Å².